The van der Waals surface area contributed by atoms with E-state index in [4.69, 9.17) is 4.74 Å². The summed E-state index contributed by atoms with van der Waals surface area (Å²) in [4.78, 5) is 0. The van der Waals surface area contributed by atoms with Crippen molar-refractivity contribution in [3.8, 4) is 0 Å². The van der Waals surface area contributed by atoms with Gasteiger partial charge in [-0.2, -0.15) is 0 Å². The van der Waals surface area contributed by atoms with Crippen LogP contribution in [0.1, 0.15) is 37.3 Å². The first-order chi connectivity index (χ1) is 7.74. The molecule has 88 valence electrons. The second-order valence-corrected chi connectivity index (χ2v) is 4.55. The Balaban J connectivity index is 2.25. The zero-order valence-electron chi connectivity index (χ0n) is 9.91. The first-order valence-corrected chi connectivity index (χ1v) is 6.14. The maximum Gasteiger partial charge on any atom is 0.0919 e. The highest BCUT2D eigenvalue weighted by Gasteiger charge is 2.30. The molecule has 0 aliphatic carbocycles. The van der Waals surface area contributed by atoms with Crippen molar-refractivity contribution in [1.82, 2.24) is 0 Å². The Morgan fingerprint density at radius 2 is 2.19 bits per heavy atom. The van der Waals surface area contributed by atoms with Crippen molar-refractivity contribution in [3.05, 3.63) is 35.4 Å². The zero-order valence-corrected chi connectivity index (χ0v) is 9.91. The highest BCUT2D eigenvalue weighted by atomic mass is 16.5. The lowest BCUT2D eigenvalue weighted by Crippen LogP contribution is -2.26. The van der Waals surface area contributed by atoms with Crippen LogP contribution in [0.15, 0.2) is 24.3 Å². The molecule has 1 saturated heterocycles. The Bertz CT molecular complexity index is 338. The molecule has 0 spiro atoms. The summed E-state index contributed by atoms with van der Waals surface area (Å²) in [6.45, 7) is 3.57. The van der Waals surface area contributed by atoms with Crippen LogP contribution in [0.4, 0.5) is 0 Å². The SMILES string of the molecule is CCc1cccc(C2(O)CCCOCC2)c1. The topological polar surface area (TPSA) is 29.5 Å². The van der Waals surface area contributed by atoms with E-state index in [1.165, 1.54) is 5.56 Å². The molecular weight excluding hydrogens is 200 g/mol. The lowest BCUT2D eigenvalue weighted by atomic mass is 9.86. The molecule has 0 saturated carbocycles. The lowest BCUT2D eigenvalue weighted by Gasteiger charge is -2.27. The molecule has 16 heavy (non-hydrogen) atoms. The summed E-state index contributed by atoms with van der Waals surface area (Å²) in [5.41, 5.74) is 1.66. The highest BCUT2D eigenvalue weighted by Crippen LogP contribution is 2.32. The second-order valence-electron chi connectivity index (χ2n) is 4.55. The van der Waals surface area contributed by atoms with E-state index in [1.54, 1.807) is 0 Å². The minimum Gasteiger partial charge on any atom is -0.385 e. The summed E-state index contributed by atoms with van der Waals surface area (Å²) in [5, 5.41) is 10.7. The molecule has 2 nitrogen and oxygen atoms in total. The van der Waals surface area contributed by atoms with Crippen LogP contribution in [0.25, 0.3) is 0 Å². The molecule has 1 heterocycles. The van der Waals surface area contributed by atoms with Gasteiger partial charge in [-0.05, 0) is 30.4 Å². The van der Waals surface area contributed by atoms with Gasteiger partial charge in [0, 0.05) is 19.6 Å². The van der Waals surface area contributed by atoms with Crippen molar-refractivity contribution in [2.45, 2.75) is 38.2 Å². The number of aliphatic hydroxyl groups is 1. The maximum atomic E-state index is 10.7. The Morgan fingerprint density at radius 1 is 1.31 bits per heavy atom. The molecule has 1 aromatic rings. The summed E-state index contributed by atoms with van der Waals surface area (Å²) in [7, 11) is 0. The summed E-state index contributed by atoms with van der Waals surface area (Å²) in [6.07, 6.45) is 3.47. The number of hydrogen-bond acceptors (Lipinski definition) is 2. The summed E-state index contributed by atoms with van der Waals surface area (Å²) in [6, 6.07) is 8.31. The fraction of sp³-hybridized carbons (Fsp3) is 0.571. The summed E-state index contributed by atoms with van der Waals surface area (Å²) < 4.78 is 5.41. The minimum atomic E-state index is -0.679. The van der Waals surface area contributed by atoms with E-state index in [2.05, 4.69) is 19.1 Å². The minimum absolute atomic E-state index is 0.660. The molecule has 2 heteroatoms. The first kappa shape index (κ1) is 11.6. The van der Waals surface area contributed by atoms with Gasteiger partial charge < -0.3 is 9.84 Å². The van der Waals surface area contributed by atoms with Gasteiger partial charge in [0.05, 0.1) is 5.60 Å². The molecule has 1 N–H and O–H groups in total. The molecule has 1 aliphatic heterocycles. The Morgan fingerprint density at radius 3 is 3.00 bits per heavy atom. The van der Waals surface area contributed by atoms with E-state index in [9.17, 15) is 5.11 Å². The quantitative estimate of drug-likeness (QED) is 0.830. The first-order valence-electron chi connectivity index (χ1n) is 6.14. The van der Waals surface area contributed by atoms with Crippen molar-refractivity contribution in [3.63, 3.8) is 0 Å². The van der Waals surface area contributed by atoms with Crippen LogP contribution < -0.4 is 0 Å². The predicted molar refractivity (Wildman–Crippen MR) is 64.4 cm³/mol. The Hall–Kier alpha value is -0.860. The lowest BCUT2D eigenvalue weighted by molar-refractivity contribution is 0.0143. The van der Waals surface area contributed by atoms with Gasteiger partial charge in [0.2, 0.25) is 0 Å². The van der Waals surface area contributed by atoms with Crippen molar-refractivity contribution < 1.29 is 9.84 Å². The average molecular weight is 220 g/mol. The number of benzene rings is 1. The maximum absolute atomic E-state index is 10.7. The van der Waals surface area contributed by atoms with Gasteiger partial charge in [0.1, 0.15) is 0 Å². The molecule has 1 aromatic carbocycles. The van der Waals surface area contributed by atoms with Crippen molar-refractivity contribution in [1.29, 1.82) is 0 Å². The van der Waals surface area contributed by atoms with E-state index in [0.29, 0.717) is 13.0 Å². The van der Waals surface area contributed by atoms with Gasteiger partial charge in [-0.1, -0.05) is 31.2 Å². The molecule has 2 rings (SSSR count). The average Bonchev–Trinajstić information content (AvgIpc) is 2.55. The smallest absolute Gasteiger partial charge is 0.0919 e. The summed E-state index contributed by atoms with van der Waals surface area (Å²) in [5.74, 6) is 0. The van der Waals surface area contributed by atoms with E-state index in [0.717, 1.165) is 31.4 Å². The number of aryl methyl sites for hydroxylation is 1. The van der Waals surface area contributed by atoms with Gasteiger partial charge in [-0.25, -0.2) is 0 Å². The van der Waals surface area contributed by atoms with Crippen LogP contribution in [-0.4, -0.2) is 18.3 Å². The van der Waals surface area contributed by atoms with Gasteiger partial charge in [0.15, 0.2) is 0 Å². The third kappa shape index (κ3) is 2.45. The molecular formula is C14H20O2. The van der Waals surface area contributed by atoms with E-state index < -0.39 is 5.60 Å². The molecule has 1 aliphatic rings. The van der Waals surface area contributed by atoms with Crippen molar-refractivity contribution >= 4 is 0 Å². The number of ether oxygens (including phenoxy) is 1. The van der Waals surface area contributed by atoms with Crippen LogP contribution in [0, 0.1) is 0 Å². The fourth-order valence-corrected chi connectivity index (χ4v) is 2.30. The Labute approximate surface area is 97.3 Å². The van der Waals surface area contributed by atoms with E-state index in [-0.39, 0.29) is 0 Å². The Kier molecular flexibility index (Phi) is 3.62. The van der Waals surface area contributed by atoms with Crippen LogP contribution in [0.2, 0.25) is 0 Å². The second kappa shape index (κ2) is 4.98. The van der Waals surface area contributed by atoms with Crippen LogP contribution in [0.3, 0.4) is 0 Å². The number of rotatable bonds is 2. The predicted octanol–water partition coefficient (Wildman–Crippen LogP) is 2.64. The largest absolute Gasteiger partial charge is 0.385 e. The highest BCUT2D eigenvalue weighted by molar-refractivity contribution is 5.28. The van der Waals surface area contributed by atoms with Crippen molar-refractivity contribution in [2.75, 3.05) is 13.2 Å². The third-order valence-electron chi connectivity index (χ3n) is 3.41. The standard InChI is InChI=1S/C14H20O2/c1-2-12-5-3-6-13(11-12)14(15)7-4-9-16-10-8-14/h3,5-6,11,15H,2,4,7-10H2,1H3. The normalized spacial score (nSPS) is 26.4. The molecule has 1 unspecified atom stereocenters. The molecule has 0 amide bonds. The number of hydrogen-bond donors (Lipinski definition) is 1. The fourth-order valence-electron chi connectivity index (χ4n) is 2.30. The zero-order chi connectivity index (χ0) is 11.4. The van der Waals surface area contributed by atoms with Crippen molar-refractivity contribution in [2.24, 2.45) is 0 Å². The molecule has 0 aromatic heterocycles. The van der Waals surface area contributed by atoms with Crippen LogP contribution in [-0.2, 0) is 16.8 Å². The molecule has 0 radical (unpaired) electrons. The monoisotopic (exact) mass is 220 g/mol. The van der Waals surface area contributed by atoms with Crippen LogP contribution >= 0.6 is 0 Å². The molecule has 0 bridgehead atoms. The van der Waals surface area contributed by atoms with Gasteiger partial charge in [0.25, 0.3) is 0 Å². The molecule has 1 fully saturated rings. The van der Waals surface area contributed by atoms with Gasteiger partial charge >= 0.3 is 0 Å². The van der Waals surface area contributed by atoms with Gasteiger partial charge in [-0.3, -0.25) is 0 Å². The van der Waals surface area contributed by atoms with Gasteiger partial charge in [-0.15, -0.1) is 0 Å². The summed E-state index contributed by atoms with van der Waals surface area (Å²) >= 11 is 0. The van der Waals surface area contributed by atoms with Crippen LogP contribution in [0.5, 0.6) is 0 Å². The van der Waals surface area contributed by atoms with E-state index >= 15 is 0 Å². The molecule has 1 atom stereocenters. The van der Waals surface area contributed by atoms with E-state index in [1.807, 2.05) is 12.1 Å². The third-order valence-corrected chi connectivity index (χ3v) is 3.41.